The minimum Gasteiger partial charge on any atom is -0.351 e. The molecule has 0 fully saturated rings. The van der Waals surface area contributed by atoms with Gasteiger partial charge in [-0.25, -0.2) is 9.07 Å². The molecule has 0 saturated heterocycles. The van der Waals surface area contributed by atoms with Crippen molar-refractivity contribution < 1.29 is 9.18 Å². The normalized spacial score (nSPS) is 11.2. The molecule has 2 aromatic rings. The summed E-state index contributed by atoms with van der Waals surface area (Å²) >= 11 is 0. The van der Waals surface area contributed by atoms with E-state index in [0.717, 1.165) is 18.5 Å². The molecule has 0 aliphatic heterocycles. The van der Waals surface area contributed by atoms with Gasteiger partial charge < -0.3 is 5.32 Å². The van der Waals surface area contributed by atoms with Crippen LogP contribution in [0.25, 0.3) is 11.8 Å². The molecule has 0 atom stereocenters. The zero-order valence-corrected chi connectivity index (χ0v) is 14.6. The topological polar surface area (TPSA) is 70.7 Å². The minimum atomic E-state index is -0.385. The Kier molecular flexibility index (Phi) is 6.07. The Morgan fingerprint density at radius 1 is 1.36 bits per heavy atom. The van der Waals surface area contributed by atoms with E-state index in [1.807, 2.05) is 26.8 Å². The van der Waals surface area contributed by atoms with Crippen LogP contribution in [0.1, 0.15) is 36.7 Å². The van der Waals surface area contributed by atoms with Gasteiger partial charge >= 0.3 is 0 Å². The number of hydrogen-bond acceptors (Lipinski definition) is 3. The lowest BCUT2D eigenvalue weighted by Crippen LogP contribution is -2.25. The van der Waals surface area contributed by atoms with Crippen molar-refractivity contribution in [1.29, 1.82) is 5.26 Å². The molecule has 0 aliphatic rings. The first-order valence-electron chi connectivity index (χ1n) is 8.20. The number of unbranched alkanes of at least 4 members (excludes halogenated alkanes) is 1. The third-order valence-electron chi connectivity index (χ3n) is 3.89. The van der Waals surface area contributed by atoms with Crippen LogP contribution in [0.15, 0.2) is 29.8 Å². The molecular weight excluding hydrogens is 319 g/mol. The van der Waals surface area contributed by atoms with Crippen molar-refractivity contribution in [3.63, 3.8) is 0 Å². The second-order valence-electron chi connectivity index (χ2n) is 5.75. The summed E-state index contributed by atoms with van der Waals surface area (Å²) in [6.07, 6.45) is 3.39. The Balaban J connectivity index is 2.34. The fourth-order valence-corrected chi connectivity index (χ4v) is 2.46. The summed E-state index contributed by atoms with van der Waals surface area (Å²) in [5.74, 6) is -0.704. The first-order valence-corrected chi connectivity index (χ1v) is 8.20. The van der Waals surface area contributed by atoms with Gasteiger partial charge in [0.15, 0.2) is 0 Å². The predicted molar refractivity (Wildman–Crippen MR) is 94.5 cm³/mol. The number of halogens is 1. The van der Waals surface area contributed by atoms with Gasteiger partial charge in [0.05, 0.1) is 11.4 Å². The molecule has 5 nitrogen and oxygen atoms in total. The molecule has 0 aliphatic carbocycles. The Labute approximate surface area is 146 Å². The van der Waals surface area contributed by atoms with E-state index in [-0.39, 0.29) is 17.3 Å². The molecule has 0 radical (unpaired) electrons. The molecule has 1 amide bonds. The summed E-state index contributed by atoms with van der Waals surface area (Å²) in [4.78, 5) is 12.1. The van der Waals surface area contributed by atoms with Crippen LogP contribution in [0, 0.1) is 31.0 Å². The lowest BCUT2D eigenvalue weighted by atomic mass is 10.1. The number of nitriles is 1. The molecule has 0 spiro atoms. The van der Waals surface area contributed by atoms with Crippen LogP contribution in [-0.4, -0.2) is 22.2 Å². The molecular formula is C19H21FN4O. The highest BCUT2D eigenvalue weighted by molar-refractivity contribution is 6.01. The highest BCUT2D eigenvalue weighted by atomic mass is 19.1. The van der Waals surface area contributed by atoms with Crippen LogP contribution in [0.2, 0.25) is 0 Å². The van der Waals surface area contributed by atoms with Gasteiger partial charge in [-0.2, -0.15) is 10.4 Å². The zero-order valence-electron chi connectivity index (χ0n) is 14.6. The largest absolute Gasteiger partial charge is 0.351 e. The monoisotopic (exact) mass is 340 g/mol. The van der Waals surface area contributed by atoms with Crippen molar-refractivity contribution in [2.45, 2.75) is 33.6 Å². The average Bonchev–Trinajstić information content (AvgIpc) is 2.88. The van der Waals surface area contributed by atoms with Crippen molar-refractivity contribution in [3.05, 3.63) is 52.6 Å². The molecule has 0 bridgehead atoms. The first-order chi connectivity index (χ1) is 12.0. The second kappa shape index (κ2) is 8.25. The van der Waals surface area contributed by atoms with E-state index in [1.54, 1.807) is 22.9 Å². The summed E-state index contributed by atoms with van der Waals surface area (Å²) in [5, 5.41) is 16.5. The van der Waals surface area contributed by atoms with E-state index in [2.05, 4.69) is 10.4 Å². The Morgan fingerprint density at radius 2 is 2.04 bits per heavy atom. The van der Waals surface area contributed by atoms with Crippen LogP contribution in [0.3, 0.4) is 0 Å². The highest BCUT2D eigenvalue weighted by Crippen LogP contribution is 2.21. The molecule has 0 unspecified atom stereocenters. The van der Waals surface area contributed by atoms with E-state index < -0.39 is 0 Å². The number of hydrogen-bond donors (Lipinski definition) is 1. The van der Waals surface area contributed by atoms with Gasteiger partial charge in [-0.05, 0) is 50.6 Å². The van der Waals surface area contributed by atoms with Crippen LogP contribution in [0.4, 0.5) is 4.39 Å². The predicted octanol–water partition coefficient (Wildman–Crippen LogP) is 3.45. The van der Waals surface area contributed by atoms with E-state index in [4.69, 9.17) is 0 Å². The quantitative estimate of drug-likeness (QED) is 0.497. The fourth-order valence-electron chi connectivity index (χ4n) is 2.46. The minimum absolute atomic E-state index is 0.0426. The van der Waals surface area contributed by atoms with E-state index in [1.165, 1.54) is 12.1 Å². The van der Waals surface area contributed by atoms with Gasteiger partial charge in [0.2, 0.25) is 0 Å². The summed E-state index contributed by atoms with van der Waals surface area (Å²) < 4.78 is 14.8. The molecule has 6 heteroatoms. The van der Waals surface area contributed by atoms with E-state index >= 15 is 0 Å². The molecule has 2 rings (SSSR count). The van der Waals surface area contributed by atoms with Gasteiger partial charge in [0.25, 0.3) is 5.91 Å². The third kappa shape index (κ3) is 4.32. The number of nitrogens with zero attached hydrogens (tertiary/aromatic N) is 3. The molecule has 1 heterocycles. The van der Waals surface area contributed by atoms with Gasteiger partial charge in [-0.1, -0.05) is 13.3 Å². The van der Waals surface area contributed by atoms with Crippen molar-refractivity contribution in [1.82, 2.24) is 15.1 Å². The maximum atomic E-state index is 13.1. The SMILES string of the molecule is CCCCNC(=O)/C(C#N)=C/c1c(C)nn(-c2ccc(F)cc2)c1C. The maximum absolute atomic E-state index is 13.1. The van der Waals surface area contributed by atoms with E-state index in [9.17, 15) is 14.4 Å². The first kappa shape index (κ1) is 18.4. The lowest BCUT2D eigenvalue weighted by molar-refractivity contribution is -0.117. The number of rotatable bonds is 6. The van der Waals surface area contributed by atoms with Crippen LogP contribution >= 0.6 is 0 Å². The Bertz CT molecular complexity index is 828. The smallest absolute Gasteiger partial charge is 0.261 e. The second-order valence-corrected chi connectivity index (χ2v) is 5.75. The molecule has 130 valence electrons. The van der Waals surface area contributed by atoms with Gasteiger partial charge in [0.1, 0.15) is 17.5 Å². The average molecular weight is 340 g/mol. The van der Waals surface area contributed by atoms with Crippen LogP contribution in [-0.2, 0) is 4.79 Å². The van der Waals surface area contributed by atoms with Gasteiger partial charge in [-0.15, -0.1) is 0 Å². The van der Waals surface area contributed by atoms with E-state index in [0.29, 0.717) is 23.5 Å². The summed E-state index contributed by atoms with van der Waals surface area (Å²) in [6, 6.07) is 7.94. The Morgan fingerprint density at radius 3 is 2.64 bits per heavy atom. The number of carbonyl (C=O) groups excluding carboxylic acids is 1. The number of carbonyl (C=O) groups is 1. The summed E-state index contributed by atoms with van der Waals surface area (Å²) in [6.45, 7) is 6.23. The number of aromatic nitrogens is 2. The van der Waals surface area contributed by atoms with Crippen LogP contribution in [0.5, 0.6) is 0 Å². The maximum Gasteiger partial charge on any atom is 0.261 e. The number of nitrogens with one attached hydrogen (secondary N) is 1. The number of benzene rings is 1. The Hall–Kier alpha value is -2.94. The van der Waals surface area contributed by atoms with Gasteiger partial charge in [-0.3, -0.25) is 4.79 Å². The van der Waals surface area contributed by atoms with Crippen molar-refractivity contribution in [2.24, 2.45) is 0 Å². The lowest BCUT2D eigenvalue weighted by Gasteiger charge is -2.05. The number of amides is 1. The number of aryl methyl sites for hydroxylation is 1. The highest BCUT2D eigenvalue weighted by Gasteiger charge is 2.15. The molecule has 1 aromatic heterocycles. The summed E-state index contributed by atoms with van der Waals surface area (Å²) in [7, 11) is 0. The summed E-state index contributed by atoms with van der Waals surface area (Å²) in [5.41, 5.74) is 2.94. The van der Waals surface area contributed by atoms with Crippen LogP contribution < -0.4 is 5.32 Å². The van der Waals surface area contributed by atoms with Crippen molar-refractivity contribution in [3.8, 4) is 11.8 Å². The van der Waals surface area contributed by atoms with Crippen molar-refractivity contribution in [2.75, 3.05) is 6.54 Å². The molecule has 1 N–H and O–H groups in total. The third-order valence-corrected chi connectivity index (χ3v) is 3.89. The zero-order chi connectivity index (χ0) is 18.4. The standard InChI is InChI=1S/C19H21FN4O/c1-4-5-10-22-19(25)15(12-21)11-18-13(2)23-24(14(18)3)17-8-6-16(20)7-9-17/h6-9,11H,4-5,10H2,1-3H3,(H,22,25)/b15-11+. The molecule has 25 heavy (non-hydrogen) atoms. The molecule has 1 aromatic carbocycles. The molecule has 0 saturated carbocycles. The fraction of sp³-hybridized carbons (Fsp3) is 0.316. The van der Waals surface area contributed by atoms with Gasteiger partial charge in [0, 0.05) is 17.8 Å². The van der Waals surface area contributed by atoms with Crippen molar-refractivity contribution >= 4 is 12.0 Å².